The van der Waals surface area contributed by atoms with Gasteiger partial charge in [-0.05, 0) is 127 Å². The quantitative estimate of drug-likeness (QED) is 0.138. The standard InChI is InChI=1S/C39H56O5/c1-34(2)18-20-39(24-40)21-19-37(6)26(27(39)23-34)10-12-31-36(5)16-15-32(35(3,4)30(36)14-17-38(31,37)7)44-33(43)13-9-25-8-11-28(41)29(42)22-25/h8-11,13,22,27,30-32,40-42H,12,14-21,23-24H2,1-7H3/b13-9+/t27-,30-,31+,32?,36-,37+,38+,39+/m0/s1. The zero-order valence-corrected chi connectivity index (χ0v) is 28.2. The molecule has 0 radical (unpaired) electrons. The van der Waals surface area contributed by atoms with Crippen molar-refractivity contribution in [3.63, 3.8) is 0 Å². The van der Waals surface area contributed by atoms with Crippen molar-refractivity contribution in [1.29, 1.82) is 0 Å². The number of phenolic OH excluding ortho intramolecular Hbond substituents is 2. The minimum absolute atomic E-state index is 0.0617. The molecule has 0 bridgehead atoms. The molecular weight excluding hydrogens is 548 g/mol. The van der Waals surface area contributed by atoms with Crippen LogP contribution in [0.5, 0.6) is 11.5 Å². The third-order valence-electron chi connectivity index (χ3n) is 14.7. The minimum Gasteiger partial charge on any atom is -0.504 e. The average molecular weight is 605 g/mol. The number of benzene rings is 1. The Morgan fingerprint density at radius 2 is 1.64 bits per heavy atom. The van der Waals surface area contributed by atoms with Crippen molar-refractivity contribution in [2.75, 3.05) is 6.61 Å². The summed E-state index contributed by atoms with van der Waals surface area (Å²) in [6.07, 6.45) is 16.8. The highest BCUT2D eigenvalue weighted by molar-refractivity contribution is 5.87. The lowest BCUT2D eigenvalue weighted by atomic mass is 9.33. The third-order valence-corrected chi connectivity index (χ3v) is 14.7. The molecule has 5 aliphatic carbocycles. The van der Waals surface area contributed by atoms with Crippen LogP contribution in [0.1, 0.15) is 118 Å². The average Bonchev–Trinajstić information content (AvgIpc) is 2.95. The number of carbonyl (C=O) groups excluding carboxylic acids is 1. The number of phenols is 2. The summed E-state index contributed by atoms with van der Waals surface area (Å²) in [5, 5.41) is 30.2. The number of aromatic hydroxyl groups is 2. The normalized spacial score (nSPS) is 42.3. The highest BCUT2D eigenvalue weighted by atomic mass is 16.5. The van der Waals surface area contributed by atoms with Crippen molar-refractivity contribution < 1.29 is 24.9 Å². The molecule has 0 spiro atoms. The molecule has 242 valence electrons. The number of esters is 1. The summed E-state index contributed by atoms with van der Waals surface area (Å²) in [5.74, 6) is 0.785. The maximum Gasteiger partial charge on any atom is 0.331 e. The Morgan fingerprint density at radius 1 is 0.909 bits per heavy atom. The van der Waals surface area contributed by atoms with Crippen LogP contribution in [-0.2, 0) is 9.53 Å². The molecule has 5 nitrogen and oxygen atoms in total. The first-order valence-corrected chi connectivity index (χ1v) is 17.2. The Kier molecular flexibility index (Phi) is 7.47. The van der Waals surface area contributed by atoms with Crippen LogP contribution in [0, 0.1) is 50.2 Å². The zero-order valence-electron chi connectivity index (χ0n) is 28.2. The molecule has 5 heteroatoms. The summed E-state index contributed by atoms with van der Waals surface area (Å²) in [4.78, 5) is 13.0. The van der Waals surface area contributed by atoms with Crippen LogP contribution in [0.25, 0.3) is 6.08 Å². The van der Waals surface area contributed by atoms with E-state index in [1.165, 1.54) is 43.9 Å². The number of fused-ring (bicyclic) bond motifs is 7. The first-order valence-electron chi connectivity index (χ1n) is 17.2. The molecule has 8 atom stereocenters. The molecule has 3 N–H and O–H groups in total. The number of hydrogen-bond acceptors (Lipinski definition) is 5. The van der Waals surface area contributed by atoms with Gasteiger partial charge in [-0.3, -0.25) is 0 Å². The largest absolute Gasteiger partial charge is 0.504 e. The van der Waals surface area contributed by atoms with Gasteiger partial charge in [0.1, 0.15) is 6.10 Å². The Bertz CT molecular complexity index is 1370. The summed E-state index contributed by atoms with van der Waals surface area (Å²) in [7, 11) is 0. The summed E-state index contributed by atoms with van der Waals surface area (Å²) < 4.78 is 6.17. The first-order chi connectivity index (χ1) is 20.5. The van der Waals surface area contributed by atoms with Gasteiger partial charge in [0.15, 0.2) is 11.5 Å². The number of carbonyl (C=O) groups is 1. The second-order valence-electron chi connectivity index (χ2n) is 17.6. The molecular formula is C39H56O5. The van der Waals surface area contributed by atoms with E-state index >= 15 is 0 Å². The van der Waals surface area contributed by atoms with Gasteiger partial charge in [0, 0.05) is 23.5 Å². The lowest BCUT2D eigenvalue weighted by Crippen LogP contribution is -2.65. The molecule has 0 aromatic heterocycles. The van der Waals surface area contributed by atoms with Gasteiger partial charge in [-0.2, -0.15) is 0 Å². The van der Waals surface area contributed by atoms with Crippen LogP contribution in [0.2, 0.25) is 0 Å². The number of hydrogen-bond donors (Lipinski definition) is 3. The number of aliphatic hydroxyl groups is 1. The highest BCUT2D eigenvalue weighted by Crippen LogP contribution is 2.75. The van der Waals surface area contributed by atoms with Crippen molar-refractivity contribution in [3.8, 4) is 11.5 Å². The number of allylic oxidation sites excluding steroid dienone is 2. The Labute approximate surface area is 265 Å². The van der Waals surface area contributed by atoms with E-state index in [0.717, 1.165) is 38.5 Å². The zero-order chi connectivity index (χ0) is 31.9. The maximum atomic E-state index is 13.0. The van der Waals surface area contributed by atoms with Gasteiger partial charge in [-0.1, -0.05) is 66.2 Å². The second-order valence-corrected chi connectivity index (χ2v) is 17.6. The van der Waals surface area contributed by atoms with Crippen molar-refractivity contribution in [3.05, 3.63) is 41.5 Å². The van der Waals surface area contributed by atoms with E-state index in [-0.39, 0.29) is 50.6 Å². The van der Waals surface area contributed by atoms with E-state index in [0.29, 0.717) is 35.3 Å². The molecule has 1 unspecified atom stereocenters. The highest BCUT2D eigenvalue weighted by Gasteiger charge is 2.68. The maximum absolute atomic E-state index is 13.0. The predicted octanol–water partition coefficient (Wildman–Crippen LogP) is 8.82. The Hall–Kier alpha value is -2.27. The van der Waals surface area contributed by atoms with Crippen molar-refractivity contribution >= 4 is 12.0 Å². The van der Waals surface area contributed by atoms with Gasteiger partial charge in [0.25, 0.3) is 0 Å². The molecule has 1 aromatic carbocycles. The number of rotatable bonds is 4. The SMILES string of the molecule is CC1(C)CC[C@]2(CO)CC[C@]3(C)C(=CC[C@@H]4[C@@]5(C)CCC(OC(=O)/C=C/c6ccc(O)c(O)c6)C(C)(C)[C@@H]5CC[C@]43C)[C@@H]2C1. The Morgan fingerprint density at radius 3 is 2.34 bits per heavy atom. The van der Waals surface area contributed by atoms with E-state index < -0.39 is 0 Å². The lowest BCUT2D eigenvalue weighted by molar-refractivity contribution is -0.212. The molecule has 4 fully saturated rings. The van der Waals surface area contributed by atoms with Crippen molar-refractivity contribution in [2.24, 2.45) is 50.2 Å². The first kappa shape index (κ1) is 31.7. The minimum atomic E-state index is -0.359. The van der Waals surface area contributed by atoms with Gasteiger partial charge in [0.2, 0.25) is 0 Å². The molecule has 6 rings (SSSR count). The van der Waals surface area contributed by atoms with Gasteiger partial charge in [-0.25, -0.2) is 4.79 Å². The van der Waals surface area contributed by atoms with Crippen LogP contribution in [0.3, 0.4) is 0 Å². The van der Waals surface area contributed by atoms with Gasteiger partial charge < -0.3 is 20.1 Å². The molecule has 4 saturated carbocycles. The monoisotopic (exact) mass is 604 g/mol. The van der Waals surface area contributed by atoms with Crippen molar-refractivity contribution in [2.45, 2.75) is 119 Å². The van der Waals surface area contributed by atoms with Crippen LogP contribution < -0.4 is 0 Å². The smallest absolute Gasteiger partial charge is 0.331 e. The van der Waals surface area contributed by atoms with Gasteiger partial charge in [-0.15, -0.1) is 0 Å². The van der Waals surface area contributed by atoms with Crippen LogP contribution >= 0.6 is 0 Å². The van der Waals surface area contributed by atoms with E-state index in [4.69, 9.17) is 4.74 Å². The number of aliphatic hydroxyl groups excluding tert-OH is 1. The lowest BCUT2D eigenvalue weighted by Gasteiger charge is -2.71. The van der Waals surface area contributed by atoms with Gasteiger partial charge in [0.05, 0.1) is 0 Å². The summed E-state index contributed by atoms with van der Waals surface area (Å²) >= 11 is 0. The topological polar surface area (TPSA) is 87.0 Å². The summed E-state index contributed by atoms with van der Waals surface area (Å²) in [6.45, 7) is 17.6. The molecule has 1 aromatic rings. The molecule has 0 aliphatic heterocycles. The molecule has 5 aliphatic rings. The third kappa shape index (κ3) is 4.61. The van der Waals surface area contributed by atoms with Gasteiger partial charge >= 0.3 is 5.97 Å². The fraction of sp³-hybridized carbons (Fsp3) is 0.718. The number of ether oxygens (including phenoxy) is 1. The van der Waals surface area contributed by atoms with Crippen LogP contribution in [0.4, 0.5) is 0 Å². The van der Waals surface area contributed by atoms with E-state index in [1.54, 1.807) is 17.7 Å². The van der Waals surface area contributed by atoms with Crippen LogP contribution in [0.15, 0.2) is 35.9 Å². The van der Waals surface area contributed by atoms with E-state index in [1.807, 2.05) is 0 Å². The van der Waals surface area contributed by atoms with Crippen LogP contribution in [-0.4, -0.2) is 34.0 Å². The van der Waals surface area contributed by atoms with E-state index in [9.17, 15) is 20.1 Å². The fourth-order valence-corrected chi connectivity index (χ4v) is 11.8. The molecule has 0 heterocycles. The molecule has 44 heavy (non-hydrogen) atoms. The molecule has 0 saturated heterocycles. The molecule has 0 amide bonds. The summed E-state index contributed by atoms with van der Waals surface area (Å²) in [5.41, 5.74) is 3.09. The second kappa shape index (κ2) is 10.4. The predicted molar refractivity (Wildman–Crippen MR) is 175 cm³/mol. The fourth-order valence-electron chi connectivity index (χ4n) is 11.8. The summed E-state index contributed by atoms with van der Waals surface area (Å²) in [6, 6.07) is 4.51. The Balaban J connectivity index is 1.24. The van der Waals surface area contributed by atoms with Crippen molar-refractivity contribution in [1.82, 2.24) is 0 Å². The van der Waals surface area contributed by atoms with E-state index in [2.05, 4.69) is 54.5 Å².